The molecule has 2 aromatic carbocycles. The summed E-state index contributed by atoms with van der Waals surface area (Å²) in [5, 5.41) is 4.11. The van der Waals surface area contributed by atoms with E-state index in [1.54, 1.807) is 39.5 Å². The van der Waals surface area contributed by atoms with Crippen LogP contribution in [0.3, 0.4) is 0 Å². The number of ether oxygens (including phenoxy) is 3. The SMILES string of the molecule is COc1cc(-c2nc(-c3cccc(C(=O)N4CCCCC4)c3)no2)cc(OC)c1OC. The van der Waals surface area contributed by atoms with E-state index in [9.17, 15) is 4.79 Å². The van der Waals surface area contributed by atoms with Crippen LogP contribution in [0.4, 0.5) is 0 Å². The Morgan fingerprint density at radius 2 is 1.65 bits per heavy atom. The highest BCUT2D eigenvalue weighted by Crippen LogP contribution is 2.41. The number of benzene rings is 2. The van der Waals surface area contributed by atoms with Crippen molar-refractivity contribution in [2.75, 3.05) is 34.4 Å². The molecule has 1 aliphatic rings. The van der Waals surface area contributed by atoms with Crippen molar-refractivity contribution in [2.24, 2.45) is 0 Å². The highest BCUT2D eigenvalue weighted by atomic mass is 16.5. The van der Waals surface area contributed by atoms with Gasteiger partial charge in [-0.05, 0) is 43.5 Å². The molecule has 0 spiro atoms. The standard InChI is InChI=1S/C23H25N3O5/c1-28-18-13-17(14-19(29-2)20(18)30-3)22-24-21(25-31-22)15-8-7-9-16(12-15)23(27)26-10-5-4-6-11-26/h7-9,12-14H,4-6,10-11H2,1-3H3. The first-order chi connectivity index (χ1) is 15.1. The van der Waals surface area contributed by atoms with Crippen LogP contribution in [0, 0.1) is 0 Å². The minimum absolute atomic E-state index is 0.0369. The zero-order valence-electron chi connectivity index (χ0n) is 17.9. The third kappa shape index (κ3) is 4.19. The average Bonchev–Trinajstić information content (AvgIpc) is 3.33. The minimum Gasteiger partial charge on any atom is -0.493 e. The predicted molar refractivity (Wildman–Crippen MR) is 115 cm³/mol. The number of hydrogen-bond acceptors (Lipinski definition) is 7. The van der Waals surface area contributed by atoms with Crippen LogP contribution in [0.2, 0.25) is 0 Å². The molecule has 1 amide bonds. The van der Waals surface area contributed by atoms with Crippen molar-refractivity contribution in [3.05, 3.63) is 42.0 Å². The zero-order chi connectivity index (χ0) is 21.8. The van der Waals surface area contributed by atoms with Crippen LogP contribution in [0.5, 0.6) is 17.2 Å². The van der Waals surface area contributed by atoms with Crippen LogP contribution in [0.15, 0.2) is 40.9 Å². The summed E-state index contributed by atoms with van der Waals surface area (Å²) < 4.78 is 21.6. The van der Waals surface area contributed by atoms with Gasteiger partial charge in [0.25, 0.3) is 11.8 Å². The monoisotopic (exact) mass is 423 g/mol. The summed E-state index contributed by atoms with van der Waals surface area (Å²) in [6.07, 6.45) is 3.28. The van der Waals surface area contributed by atoms with Crippen molar-refractivity contribution in [2.45, 2.75) is 19.3 Å². The Labute approximate surface area is 180 Å². The quantitative estimate of drug-likeness (QED) is 0.591. The maximum atomic E-state index is 12.8. The summed E-state index contributed by atoms with van der Waals surface area (Å²) in [4.78, 5) is 19.3. The second kappa shape index (κ2) is 9.07. The number of rotatable bonds is 6. The molecule has 4 rings (SSSR count). The number of likely N-dealkylation sites (tertiary alicyclic amines) is 1. The van der Waals surface area contributed by atoms with Gasteiger partial charge in [0.1, 0.15) is 0 Å². The van der Waals surface area contributed by atoms with E-state index >= 15 is 0 Å². The summed E-state index contributed by atoms with van der Waals surface area (Å²) in [5.41, 5.74) is 1.97. The Morgan fingerprint density at radius 1 is 0.935 bits per heavy atom. The zero-order valence-corrected chi connectivity index (χ0v) is 17.9. The highest BCUT2D eigenvalue weighted by Gasteiger charge is 2.21. The van der Waals surface area contributed by atoms with Crippen molar-refractivity contribution in [3.63, 3.8) is 0 Å². The molecular formula is C23H25N3O5. The Morgan fingerprint density at radius 3 is 2.29 bits per heavy atom. The Bertz CT molecular complexity index is 1050. The summed E-state index contributed by atoms with van der Waals surface area (Å²) in [7, 11) is 4.64. The Balaban J connectivity index is 1.63. The molecule has 1 aromatic heterocycles. The molecule has 0 radical (unpaired) electrons. The molecule has 1 aliphatic heterocycles. The number of amides is 1. The van der Waals surface area contributed by atoms with Crippen LogP contribution in [0.25, 0.3) is 22.8 Å². The molecule has 0 aliphatic carbocycles. The molecule has 8 nitrogen and oxygen atoms in total. The first-order valence-electron chi connectivity index (χ1n) is 10.2. The van der Waals surface area contributed by atoms with Crippen LogP contribution < -0.4 is 14.2 Å². The fraction of sp³-hybridized carbons (Fsp3) is 0.348. The molecule has 0 saturated carbocycles. The molecule has 0 N–H and O–H groups in total. The lowest BCUT2D eigenvalue weighted by molar-refractivity contribution is 0.0724. The normalized spacial score (nSPS) is 13.7. The predicted octanol–water partition coefficient (Wildman–Crippen LogP) is 4.06. The lowest BCUT2D eigenvalue weighted by Gasteiger charge is -2.26. The van der Waals surface area contributed by atoms with Gasteiger partial charge < -0.3 is 23.6 Å². The third-order valence-corrected chi connectivity index (χ3v) is 5.35. The second-order valence-corrected chi connectivity index (χ2v) is 7.27. The summed E-state index contributed by atoms with van der Waals surface area (Å²) in [5.74, 6) is 2.21. The molecule has 2 heterocycles. The van der Waals surface area contributed by atoms with Gasteiger partial charge in [-0.25, -0.2) is 0 Å². The molecule has 0 bridgehead atoms. The number of carbonyl (C=O) groups excluding carboxylic acids is 1. The van der Waals surface area contributed by atoms with Crippen molar-refractivity contribution >= 4 is 5.91 Å². The van der Waals surface area contributed by atoms with Gasteiger partial charge in [0.2, 0.25) is 11.6 Å². The first-order valence-corrected chi connectivity index (χ1v) is 10.2. The molecule has 1 fully saturated rings. The summed E-state index contributed by atoms with van der Waals surface area (Å²) in [6.45, 7) is 1.60. The lowest BCUT2D eigenvalue weighted by atomic mass is 10.1. The topological polar surface area (TPSA) is 86.9 Å². The van der Waals surface area contributed by atoms with Gasteiger partial charge in [-0.15, -0.1) is 0 Å². The van der Waals surface area contributed by atoms with E-state index < -0.39 is 0 Å². The van der Waals surface area contributed by atoms with Gasteiger partial charge in [-0.2, -0.15) is 4.98 Å². The number of hydrogen-bond donors (Lipinski definition) is 0. The molecule has 31 heavy (non-hydrogen) atoms. The first kappa shape index (κ1) is 20.7. The smallest absolute Gasteiger partial charge is 0.258 e. The van der Waals surface area contributed by atoms with Gasteiger partial charge in [0.15, 0.2) is 11.5 Å². The molecule has 0 atom stereocenters. The maximum Gasteiger partial charge on any atom is 0.258 e. The van der Waals surface area contributed by atoms with E-state index in [1.807, 2.05) is 23.1 Å². The molecule has 0 unspecified atom stereocenters. The molecule has 3 aromatic rings. The molecular weight excluding hydrogens is 398 g/mol. The van der Waals surface area contributed by atoms with E-state index in [1.165, 1.54) is 6.42 Å². The van der Waals surface area contributed by atoms with Crippen LogP contribution in [-0.4, -0.2) is 55.4 Å². The van der Waals surface area contributed by atoms with Gasteiger partial charge in [-0.1, -0.05) is 17.3 Å². The average molecular weight is 423 g/mol. The number of methoxy groups -OCH3 is 3. The number of nitrogens with zero attached hydrogens (tertiary/aromatic N) is 3. The van der Waals surface area contributed by atoms with E-state index in [4.69, 9.17) is 18.7 Å². The largest absolute Gasteiger partial charge is 0.493 e. The van der Waals surface area contributed by atoms with Crippen molar-refractivity contribution in [1.29, 1.82) is 0 Å². The van der Waals surface area contributed by atoms with E-state index in [0.29, 0.717) is 45.7 Å². The lowest BCUT2D eigenvalue weighted by Crippen LogP contribution is -2.35. The fourth-order valence-corrected chi connectivity index (χ4v) is 3.73. The summed E-state index contributed by atoms with van der Waals surface area (Å²) in [6, 6.07) is 10.8. The van der Waals surface area contributed by atoms with E-state index in [2.05, 4.69) is 10.1 Å². The fourth-order valence-electron chi connectivity index (χ4n) is 3.73. The third-order valence-electron chi connectivity index (χ3n) is 5.35. The van der Waals surface area contributed by atoms with Gasteiger partial charge in [-0.3, -0.25) is 4.79 Å². The summed E-state index contributed by atoms with van der Waals surface area (Å²) >= 11 is 0. The maximum absolute atomic E-state index is 12.8. The minimum atomic E-state index is 0.0369. The van der Waals surface area contributed by atoms with Crippen LogP contribution in [0.1, 0.15) is 29.6 Å². The van der Waals surface area contributed by atoms with Gasteiger partial charge in [0, 0.05) is 29.8 Å². The molecule has 8 heteroatoms. The van der Waals surface area contributed by atoms with E-state index in [0.717, 1.165) is 25.9 Å². The highest BCUT2D eigenvalue weighted by molar-refractivity contribution is 5.95. The second-order valence-electron chi connectivity index (χ2n) is 7.27. The van der Waals surface area contributed by atoms with Crippen molar-refractivity contribution in [1.82, 2.24) is 15.0 Å². The molecule has 162 valence electrons. The molecule has 1 saturated heterocycles. The van der Waals surface area contributed by atoms with Crippen molar-refractivity contribution in [3.8, 4) is 40.1 Å². The Hall–Kier alpha value is -3.55. The number of piperidine rings is 1. The Kier molecular flexibility index (Phi) is 6.06. The van der Waals surface area contributed by atoms with Gasteiger partial charge in [0.05, 0.1) is 21.3 Å². The van der Waals surface area contributed by atoms with Gasteiger partial charge >= 0.3 is 0 Å². The number of aromatic nitrogens is 2. The number of carbonyl (C=O) groups is 1. The van der Waals surface area contributed by atoms with Crippen LogP contribution >= 0.6 is 0 Å². The van der Waals surface area contributed by atoms with Crippen molar-refractivity contribution < 1.29 is 23.5 Å². The van der Waals surface area contributed by atoms with Crippen LogP contribution in [-0.2, 0) is 0 Å². The van der Waals surface area contributed by atoms with E-state index in [-0.39, 0.29) is 5.91 Å².